The lowest BCUT2D eigenvalue weighted by molar-refractivity contribution is -0.124. The van der Waals surface area contributed by atoms with Gasteiger partial charge < -0.3 is 20.1 Å². The van der Waals surface area contributed by atoms with Gasteiger partial charge in [0.15, 0.2) is 6.61 Å². The highest BCUT2D eigenvalue weighted by Crippen LogP contribution is 2.25. The molecule has 1 saturated carbocycles. The summed E-state index contributed by atoms with van der Waals surface area (Å²) < 4.78 is 10.8. The van der Waals surface area contributed by atoms with Gasteiger partial charge in [-0.2, -0.15) is 0 Å². The first kappa shape index (κ1) is 21.0. The topological polar surface area (TPSA) is 72.5 Å². The Morgan fingerprint density at radius 3 is 2.55 bits per heavy atom. The van der Waals surface area contributed by atoms with Crippen LogP contribution < -0.4 is 20.1 Å². The third-order valence-electron chi connectivity index (χ3n) is 5.78. The molecule has 3 aromatic rings. The van der Waals surface area contributed by atoms with Crippen molar-refractivity contribution in [3.05, 3.63) is 60.2 Å². The van der Waals surface area contributed by atoms with Crippen LogP contribution in [-0.4, -0.2) is 36.7 Å². The van der Waals surface area contributed by atoms with Crippen molar-refractivity contribution in [3.63, 3.8) is 0 Å². The van der Waals surface area contributed by atoms with Crippen molar-refractivity contribution in [3.8, 4) is 11.5 Å². The van der Waals surface area contributed by atoms with Crippen molar-refractivity contribution in [2.75, 3.05) is 19.0 Å². The summed E-state index contributed by atoms with van der Waals surface area (Å²) in [4.78, 5) is 17.0. The first-order chi connectivity index (χ1) is 15.1. The molecule has 2 N–H and O–H groups in total. The monoisotopic (exact) mass is 419 g/mol. The highest BCUT2D eigenvalue weighted by atomic mass is 16.5. The van der Waals surface area contributed by atoms with Crippen molar-refractivity contribution in [2.45, 2.75) is 44.7 Å². The second-order valence-corrected chi connectivity index (χ2v) is 8.07. The molecule has 6 heteroatoms. The van der Waals surface area contributed by atoms with Crippen LogP contribution in [0, 0.1) is 6.92 Å². The van der Waals surface area contributed by atoms with Crippen molar-refractivity contribution in [1.29, 1.82) is 0 Å². The lowest BCUT2D eigenvalue weighted by Gasteiger charge is -2.30. The number of rotatable bonds is 7. The number of nitrogens with one attached hydrogen (secondary N) is 2. The number of benzene rings is 2. The molecule has 1 fully saturated rings. The van der Waals surface area contributed by atoms with Gasteiger partial charge in [0.05, 0.1) is 12.6 Å². The molecule has 1 aliphatic carbocycles. The Kier molecular flexibility index (Phi) is 6.55. The van der Waals surface area contributed by atoms with Crippen molar-refractivity contribution in [2.24, 2.45) is 0 Å². The summed E-state index contributed by atoms with van der Waals surface area (Å²) in [5, 5.41) is 7.87. The predicted octanol–water partition coefficient (Wildman–Crippen LogP) is 4.47. The first-order valence-corrected chi connectivity index (χ1v) is 10.8. The van der Waals surface area contributed by atoms with Gasteiger partial charge in [-0.1, -0.05) is 24.3 Å². The fraction of sp³-hybridized carbons (Fsp3) is 0.360. The highest BCUT2D eigenvalue weighted by Gasteiger charge is 2.23. The maximum absolute atomic E-state index is 12.3. The molecular weight excluding hydrogens is 390 g/mol. The molecule has 4 rings (SSSR count). The number of hydrogen-bond acceptors (Lipinski definition) is 5. The molecule has 0 spiro atoms. The molecule has 0 bridgehead atoms. The Morgan fingerprint density at radius 1 is 1.00 bits per heavy atom. The van der Waals surface area contributed by atoms with Gasteiger partial charge in [0.25, 0.3) is 5.91 Å². The fourth-order valence-electron chi connectivity index (χ4n) is 4.12. The van der Waals surface area contributed by atoms with Gasteiger partial charge in [-0.3, -0.25) is 4.79 Å². The molecule has 1 aromatic heterocycles. The van der Waals surface area contributed by atoms with Gasteiger partial charge >= 0.3 is 0 Å². The smallest absolute Gasteiger partial charge is 0.258 e. The molecule has 2 aromatic carbocycles. The molecule has 6 nitrogen and oxygen atoms in total. The molecule has 1 aliphatic rings. The number of carbonyl (C=O) groups is 1. The number of nitrogens with zero attached hydrogens (tertiary/aromatic N) is 1. The number of aryl methyl sites for hydroxylation is 1. The maximum atomic E-state index is 12.3. The zero-order valence-corrected chi connectivity index (χ0v) is 18.1. The number of carbonyl (C=O) groups excluding carboxylic acids is 1. The lowest BCUT2D eigenvalue weighted by Crippen LogP contribution is -2.42. The van der Waals surface area contributed by atoms with Crippen LogP contribution in [0.1, 0.15) is 31.2 Å². The van der Waals surface area contributed by atoms with Crippen molar-refractivity contribution in [1.82, 2.24) is 10.3 Å². The molecule has 1 heterocycles. The van der Waals surface area contributed by atoms with E-state index in [4.69, 9.17) is 14.5 Å². The molecule has 1 amide bonds. The number of pyridine rings is 1. The van der Waals surface area contributed by atoms with Crippen molar-refractivity contribution < 1.29 is 14.3 Å². The summed E-state index contributed by atoms with van der Waals surface area (Å²) in [7, 11) is 1.61. The van der Waals surface area contributed by atoms with E-state index in [1.54, 1.807) is 13.2 Å². The molecular formula is C25H29N3O3. The van der Waals surface area contributed by atoms with Crippen LogP contribution in [-0.2, 0) is 4.79 Å². The second kappa shape index (κ2) is 9.69. The van der Waals surface area contributed by atoms with E-state index in [9.17, 15) is 4.79 Å². The average Bonchev–Trinajstić information content (AvgIpc) is 2.79. The number of hydrogen-bond donors (Lipinski definition) is 2. The molecule has 0 saturated heterocycles. The Hall–Kier alpha value is -3.28. The SMILES string of the molecule is COc1cccc(OCC(=O)N[C@H]2CC[C@@H](Nc3cc(C)c4ccccc4n3)CC2)c1. The summed E-state index contributed by atoms with van der Waals surface area (Å²) in [6.45, 7) is 2.13. The van der Waals surface area contributed by atoms with Gasteiger partial charge in [-0.25, -0.2) is 4.98 Å². The van der Waals surface area contributed by atoms with E-state index in [-0.39, 0.29) is 18.6 Å². The summed E-state index contributed by atoms with van der Waals surface area (Å²) in [6, 6.07) is 18.2. The van der Waals surface area contributed by atoms with Gasteiger partial charge in [-0.15, -0.1) is 0 Å². The first-order valence-electron chi connectivity index (χ1n) is 10.8. The Bertz CT molecular complexity index is 1050. The van der Waals surface area contributed by atoms with Crippen LogP contribution in [0.3, 0.4) is 0 Å². The number of fused-ring (bicyclic) bond motifs is 1. The number of anilines is 1. The van der Waals surface area contributed by atoms with E-state index >= 15 is 0 Å². The highest BCUT2D eigenvalue weighted by molar-refractivity contribution is 5.83. The Balaban J connectivity index is 1.23. The number of ether oxygens (including phenoxy) is 2. The van der Waals surface area contributed by atoms with E-state index in [0.29, 0.717) is 17.5 Å². The van der Waals surface area contributed by atoms with Gasteiger partial charge in [-0.05, 0) is 62.4 Å². The molecule has 162 valence electrons. The quantitative estimate of drug-likeness (QED) is 0.591. The van der Waals surface area contributed by atoms with Crippen LogP contribution in [0.25, 0.3) is 10.9 Å². The summed E-state index contributed by atoms with van der Waals surface area (Å²) in [5.41, 5.74) is 2.24. The normalized spacial score (nSPS) is 18.4. The number of amides is 1. The van der Waals surface area contributed by atoms with E-state index in [2.05, 4.69) is 29.7 Å². The minimum Gasteiger partial charge on any atom is -0.497 e. The van der Waals surface area contributed by atoms with E-state index in [1.165, 1.54) is 10.9 Å². The molecule has 0 unspecified atom stereocenters. The molecule has 0 radical (unpaired) electrons. The van der Waals surface area contributed by atoms with Crippen LogP contribution in [0.5, 0.6) is 11.5 Å². The maximum Gasteiger partial charge on any atom is 0.258 e. The Labute approximate surface area is 183 Å². The number of methoxy groups -OCH3 is 1. The minimum atomic E-state index is -0.0916. The van der Waals surface area contributed by atoms with Gasteiger partial charge in [0, 0.05) is 23.5 Å². The van der Waals surface area contributed by atoms with Crippen LogP contribution in [0.2, 0.25) is 0 Å². The van der Waals surface area contributed by atoms with Crippen LogP contribution in [0.15, 0.2) is 54.6 Å². The average molecular weight is 420 g/mol. The molecule has 0 aliphatic heterocycles. The van der Waals surface area contributed by atoms with Crippen LogP contribution in [0.4, 0.5) is 5.82 Å². The largest absolute Gasteiger partial charge is 0.497 e. The number of aromatic nitrogens is 1. The second-order valence-electron chi connectivity index (χ2n) is 8.07. The van der Waals surface area contributed by atoms with Crippen LogP contribution >= 0.6 is 0 Å². The molecule has 0 atom stereocenters. The zero-order chi connectivity index (χ0) is 21.6. The summed E-state index contributed by atoms with van der Waals surface area (Å²) in [5.74, 6) is 2.17. The van der Waals surface area contributed by atoms with E-state index < -0.39 is 0 Å². The fourth-order valence-corrected chi connectivity index (χ4v) is 4.12. The number of para-hydroxylation sites is 1. The predicted molar refractivity (Wildman–Crippen MR) is 123 cm³/mol. The van der Waals surface area contributed by atoms with Gasteiger partial charge in [0.1, 0.15) is 17.3 Å². The molecule has 31 heavy (non-hydrogen) atoms. The third-order valence-corrected chi connectivity index (χ3v) is 5.78. The standard InChI is InChI=1S/C25H29N3O3/c1-17-14-24(28-23-9-4-3-8-22(17)23)26-18-10-12-19(13-11-18)27-25(29)16-31-21-7-5-6-20(15-21)30-2/h3-9,14-15,18-19H,10-13,16H2,1-2H3,(H,26,28)(H,27,29)/t18-,19+. The Morgan fingerprint density at radius 2 is 1.74 bits per heavy atom. The van der Waals surface area contributed by atoms with Gasteiger partial charge in [0.2, 0.25) is 0 Å². The van der Waals surface area contributed by atoms with E-state index in [1.807, 2.05) is 36.4 Å². The minimum absolute atomic E-state index is 0.00559. The summed E-state index contributed by atoms with van der Waals surface area (Å²) in [6.07, 6.45) is 3.87. The third kappa shape index (κ3) is 5.45. The van der Waals surface area contributed by atoms with E-state index in [0.717, 1.165) is 37.0 Å². The summed E-state index contributed by atoms with van der Waals surface area (Å²) >= 11 is 0. The van der Waals surface area contributed by atoms with Crippen molar-refractivity contribution >= 4 is 22.6 Å². The zero-order valence-electron chi connectivity index (χ0n) is 18.1. The lowest BCUT2D eigenvalue weighted by atomic mass is 9.91.